The number of piperidine rings is 1. The van der Waals surface area contributed by atoms with Crippen LogP contribution in [0.15, 0.2) is 12.4 Å². The molecule has 2 amide bonds. The minimum absolute atomic E-state index is 0.150. The van der Waals surface area contributed by atoms with Crippen LogP contribution in [-0.2, 0) is 16.2 Å². The van der Waals surface area contributed by atoms with E-state index in [0.29, 0.717) is 48.7 Å². The molecule has 0 unspecified atom stereocenters. The molecule has 2 aromatic rings. The highest BCUT2D eigenvalue weighted by Gasteiger charge is 2.33. The first-order chi connectivity index (χ1) is 17.3. The van der Waals surface area contributed by atoms with Gasteiger partial charge in [0.15, 0.2) is 5.65 Å². The third kappa shape index (κ3) is 8.14. The maximum Gasteiger partial charge on any atom is 0.410 e. The summed E-state index contributed by atoms with van der Waals surface area (Å²) >= 11 is 0. The van der Waals surface area contributed by atoms with Gasteiger partial charge in [-0.25, -0.2) is 14.8 Å². The van der Waals surface area contributed by atoms with Gasteiger partial charge in [-0.3, -0.25) is 4.79 Å². The molecule has 2 atom stereocenters. The number of aliphatic hydroxyl groups excluding tert-OH is 1. The summed E-state index contributed by atoms with van der Waals surface area (Å²) in [6.45, 7) is 16.2. The number of β-amino-alcohol motifs (C(OH)–C–C–N with tert-alkyl or cyclic N) is 1. The number of anilines is 1. The van der Waals surface area contributed by atoms with Crippen molar-refractivity contribution in [2.24, 2.45) is 0 Å². The van der Waals surface area contributed by atoms with Crippen LogP contribution in [0.25, 0.3) is 11.2 Å². The molecule has 2 aromatic heterocycles. The third-order valence-electron chi connectivity index (χ3n) is 5.94. The van der Waals surface area contributed by atoms with Crippen LogP contribution in [0.1, 0.15) is 44.5 Å². The Morgan fingerprint density at radius 2 is 2.00 bits per heavy atom. The van der Waals surface area contributed by atoms with Crippen LogP contribution < -0.4 is 10.6 Å². The summed E-state index contributed by atoms with van der Waals surface area (Å²) in [5, 5.41) is 16.8. The lowest BCUT2D eigenvalue weighted by atomic mass is 10.0. The molecule has 0 aliphatic carbocycles. The SMILES string of the molecule is CCNC(=O)c1cn(COCC[Si](C)(C)C)c2ncc(N[C@H]3CCN(C(=O)OC(C)(C)C)C[C@@H]3O)nc12. The maximum atomic E-state index is 12.7. The molecule has 0 radical (unpaired) electrons. The van der Waals surface area contributed by atoms with Gasteiger partial charge in [-0.2, -0.15) is 0 Å². The predicted molar refractivity (Wildman–Crippen MR) is 145 cm³/mol. The molecule has 206 valence electrons. The van der Waals surface area contributed by atoms with Gasteiger partial charge in [-0.15, -0.1) is 0 Å². The fourth-order valence-electron chi connectivity index (χ4n) is 3.97. The van der Waals surface area contributed by atoms with Crippen LogP contribution in [-0.4, -0.2) is 88.6 Å². The first-order valence-electron chi connectivity index (χ1n) is 12.9. The number of nitrogens with zero attached hydrogens (tertiary/aromatic N) is 4. The van der Waals surface area contributed by atoms with Crippen molar-refractivity contribution in [2.75, 3.05) is 31.6 Å². The van der Waals surface area contributed by atoms with Crippen molar-refractivity contribution < 1.29 is 24.2 Å². The number of amides is 2. The Hall–Kier alpha value is -2.70. The molecular weight excluding hydrogens is 492 g/mol. The molecular formula is C25H42N6O5Si. The number of hydrogen-bond acceptors (Lipinski definition) is 8. The fraction of sp³-hybridized carbons (Fsp3) is 0.680. The second kappa shape index (κ2) is 11.8. The molecule has 1 saturated heterocycles. The summed E-state index contributed by atoms with van der Waals surface area (Å²) in [4.78, 5) is 35.9. The fourth-order valence-corrected chi connectivity index (χ4v) is 4.72. The lowest BCUT2D eigenvalue weighted by molar-refractivity contribution is 0.00116. The summed E-state index contributed by atoms with van der Waals surface area (Å²) in [6, 6.07) is 0.717. The summed E-state index contributed by atoms with van der Waals surface area (Å²) in [6.07, 6.45) is 2.57. The molecule has 3 N–H and O–H groups in total. The van der Waals surface area contributed by atoms with Gasteiger partial charge in [0.05, 0.1) is 30.5 Å². The zero-order valence-electron chi connectivity index (χ0n) is 23.1. The van der Waals surface area contributed by atoms with E-state index in [1.54, 1.807) is 17.0 Å². The summed E-state index contributed by atoms with van der Waals surface area (Å²) in [5.74, 6) is 0.218. The van der Waals surface area contributed by atoms with Crippen LogP contribution >= 0.6 is 0 Å². The van der Waals surface area contributed by atoms with Crippen molar-refractivity contribution in [3.8, 4) is 0 Å². The number of hydrogen-bond donors (Lipinski definition) is 3. The second-order valence-electron chi connectivity index (χ2n) is 11.7. The predicted octanol–water partition coefficient (Wildman–Crippen LogP) is 3.28. The van der Waals surface area contributed by atoms with Crippen molar-refractivity contribution in [3.05, 3.63) is 18.0 Å². The van der Waals surface area contributed by atoms with Gasteiger partial charge in [-0.1, -0.05) is 19.6 Å². The zero-order chi connectivity index (χ0) is 27.4. The van der Waals surface area contributed by atoms with Crippen LogP contribution in [0.3, 0.4) is 0 Å². The normalized spacial score (nSPS) is 18.6. The lowest BCUT2D eigenvalue weighted by Crippen LogP contribution is -2.52. The standard InChI is InChI=1S/C25H42N6O5Si/c1-8-26-23(33)17-14-31(16-35-11-12-37(5,6)7)22-21(17)29-20(13-27-22)28-18-9-10-30(15-19(18)32)24(34)36-25(2,3)4/h13-14,18-19,32H,8-12,15-16H2,1-7H3,(H,26,33)(H,28,29)/t18-,19-/m0/s1. The number of aromatic nitrogens is 3. The van der Waals surface area contributed by atoms with Crippen molar-refractivity contribution in [2.45, 2.75) is 84.3 Å². The van der Waals surface area contributed by atoms with E-state index in [4.69, 9.17) is 9.47 Å². The number of ether oxygens (including phenoxy) is 2. The van der Waals surface area contributed by atoms with E-state index < -0.39 is 25.9 Å². The van der Waals surface area contributed by atoms with Gasteiger partial charge < -0.3 is 34.7 Å². The molecule has 12 heteroatoms. The quantitative estimate of drug-likeness (QED) is 0.330. The van der Waals surface area contributed by atoms with Gasteiger partial charge >= 0.3 is 6.09 Å². The van der Waals surface area contributed by atoms with Crippen LogP contribution in [0.4, 0.5) is 10.6 Å². The molecule has 37 heavy (non-hydrogen) atoms. The van der Waals surface area contributed by atoms with Gasteiger partial charge in [0, 0.05) is 34.0 Å². The molecule has 11 nitrogen and oxygen atoms in total. The minimum Gasteiger partial charge on any atom is -0.444 e. The highest BCUT2D eigenvalue weighted by Crippen LogP contribution is 2.23. The Labute approximate surface area is 219 Å². The second-order valence-corrected chi connectivity index (χ2v) is 17.3. The van der Waals surface area contributed by atoms with Crippen molar-refractivity contribution in [1.29, 1.82) is 0 Å². The summed E-state index contributed by atoms with van der Waals surface area (Å²) < 4.78 is 13.1. The van der Waals surface area contributed by atoms with E-state index in [9.17, 15) is 14.7 Å². The van der Waals surface area contributed by atoms with E-state index in [1.165, 1.54) is 4.90 Å². The van der Waals surface area contributed by atoms with Crippen LogP contribution in [0.5, 0.6) is 0 Å². The first-order valence-corrected chi connectivity index (χ1v) is 16.6. The van der Waals surface area contributed by atoms with E-state index in [1.807, 2.05) is 27.7 Å². The molecule has 0 aromatic carbocycles. The minimum atomic E-state index is -1.21. The number of aliphatic hydroxyl groups is 1. The van der Waals surface area contributed by atoms with Gasteiger partial charge in [0.1, 0.15) is 23.7 Å². The zero-order valence-corrected chi connectivity index (χ0v) is 24.1. The van der Waals surface area contributed by atoms with Gasteiger partial charge in [0.2, 0.25) is 0 Å². The number of likely N-dealkylation sites (tertiary alicyclic amines) is 1. The Bertz CT molecular complexity index is 1090. The molecule has 0 spiro atoms. The smallest absolute Gasteiger partial charge is 0.410 e. The van der Waals surface area contributed by atoms with Gasteiger partial charge in [-0.05, 0) is 40.2 Å². The highest BCUT2D eigenvalue weighted by molar-refractivity contribution is 6.76. The van der Waals surface area contributed by atoms with Crippen molar-refractivity contribution in [1.82, 2.24) is 24.8 Å². The molecule has 1 fully saturated rings. The van der Waals surface area contributed by atoms with Crippen molar-refractivity contribution in [3.63, 3.8) is 0 Å². The Balaban J connectivity index is 1.73. The molecule has 0 bridgehead atoms. The average Bonchev–Trinajstić information content (AvgIpc) is 3.14. The maximum absolute atomic E-state index is 12.7. The topological polar surface area (TPSA) is 131 Å². The number of nitrogens with one attached hydrogen (secondary N) is 2. The molecule has 3 heterocycles. The van der Waals surface area contributed by atoms with E-state index in [-0.39, 0.29) is 25.2 Å². The monoisotopic (exact) mass is 534 g/mol. The number of carbonyl (C=O) groups is 2. The van der Waals surface area contributed by atoms with Crippen molar-refractivity contribution >= 4 is 37.1 Å². The molecule has 1 aliphatic rings. The first kappa shape index (κ1) is 28.9. The third-order valence-corrected chi connectivity index (χ3v) is 7.65. The van der Waals surface area contributed by atoms with E-state index >= 15 is 0 Å². The van der Waals surface area contributed by atoms with Gasteiger partial charge in [0.25, 0.3) is 5.91 Å². The van der Waals surface area contributed by atoms with E-state index in [2.05, 4.69) is 40.2 Å². The lowest BCUT2D eigenvalue weighted by Gasteiger charge is -2.37. The number of carbonyl (C=O) groups excluding carboxylic acids is 2. The average molecular weight is 535 g/mol. The van der Waals surface area contributed by atoms with E-state index in [0.717, 1.165) is 6.04 Å². The Morgan fingerprint density at radius 3 is 2.62 bits per heavy atom. The number of rotatable bonds is 9. The highest BCUT2D eigenvalue weighted by atomic mass is 28.3. The molecule has 3 rings (SSSR count). The Kier molecular flexibility index (Phi) is 9.19. The number of fused-ring (bicyclic) bond motifs is 1. The summed E-state index contributed by atoms with van der Waals surface area (Å²) in [7, 11) is -1.21. The van der Waals surface area contributed by atoms with Crippen LogP contribution in [0.2, 0.25) is 25.7 Å². The summed E-state index contributed by atoms with van der Waals surface area (Å²) in [5.41, 5.74) is 0.840. The molecule has 0 saturated carbocycles. The van der Waals surface area contributed by atoms with Crippen LogP contribution in [0, 0.1) is 0 Å². The largest absolute Gasteiger partial charge is 0.444 e. The molecule has 1 aliphatic heterocycles. The Morgan fingerprint density at radius 1 is 1.27 bits per heavy atom.